The van der Waals surface area contributed by atoms with Crippen LogP contribution in [0.3, 0.4) is 0 Å². The number of anilines is 1. The number of nitrogens with one attached hydrogen (secondary N) is 1. The first-order chi connectivity index (χ1) is 12.6. The Morgan fingerprint density at radius 2 is 2.12 bits per heavy atom. The van der Waals surface area contributed by atoms with Gasteiger partial charge in [0.05, 0.1) is 53.7 Å². The Labute approximate surface area is 156 Å². The van der Waals surface area contributed by atoms with Crippen molar-refractivity contribution in [2.45, 2.75) is 50.5 Å². The van der Waals surface area contributed by atoms with Gasteiger partial charge in [-0.05, 0) is 25.7 Å². The fourth-order valence-electron chi connectivity index (χ4n) is 3.53. The summed E-state index contributed by atoms with van der Waals surface area (Å²) in [7, 11) is 0. The van der Waals surface area contributed by atoms with Gasteiger partial charge in [-0.2, -0.15) is 5.10 Å². The van der Waals surface area contributed by atoms with Crippen LogP contribution in [0.2, 0.25) is 5.02 Å². The third-order valence-corrected chi connectivity index (χ3v) is 5.21. The summed E-state index contributed by atoms with van der Waals surface area (Å²) < 4.78 is 7.08. The molecular weight excluding hydrogens is 358 g/mol. The predicted molar refractivity (Wildman–Crippen MR) is 95.9 cm³/mol. The van der Waals surface area contributed by atoms with Crippen LogP contribution in [-0.4, -0.2) is 55.3 Å². The van der Waals surface area contributed by atoms with Crippen LogP contribution in [-0.2, 0) is 11.3 Å². The highest BCUT2D eigenvalue weighted by Crippen LogP contribution is 2.35. The van der Waals surface area contributed by atoms with E-state index in [9.17, 15) is 10.2 Å². The molecule has 4 rings (SSSR count). The van der Waals surface area contributed by atoms with Gasteiger partial charge in [-0.3, -0.25) is 4.68 Å². The molecular formula is C17H22ClN5O3. The second-order valence-corrected chi connectivity index (χ2v) is 7.16. The lowest BCUT2D eigenvalue weighted by atomic mass is 10.1. The molecule has 2 aromatic rings. The number of hydrogen-bond acceptors (Lipinski definition) is 7. The summed E-state index contributed by atoms with van der Waals surface area (Å²) in [6.07, 6.45) is 5.34. The zero-order valence-electron chi connectivity index (χ0n) is 14.3. The lowest BCUT2D eigenvalue weighted by Gasteiger charge is -2.28. The van der Waals surface area contributed by atoms with Crippen LogP contribution in [0.25, 0.3) is 11.3 Å². The number of nitrogens with zero attached hydrogens (tertiary/aromatic N) is 4. The van der Waals surface area contributed by atoms with Crippen molar-refractivity contribution in [3.05, 3.63) is 23.1 Å². The molecule has 0 aromatic carbocycles. The van der Waals surface area contributed by atoms with Gasteiger partial charge < -0.3 is 20.3 Å². The summed E-state index contributed by atoms with van der Waals surface area (Å²) in [6.45, 7) is 1.65. The SMILES string of the molecule is O[C@@H]1CCCCn2ncc(-c3nc(N[C@@H]4CCOC[C@H]4O)ncc3Cl)c21. The topological polar surface area (TPSA) is 105 Å². The summed E-state index contributed by atoms with van der Waals surface area (Å²) in [5, 5.41) is 28.5. The first kappa shape index (κ1) is 17.7. The minimum absolute atomic E-state index is 0.173. The third kappa shape index (κ3) is 3.42. The monoisotopic (exact) mass is 379 g/mol. The van der Waals surface area contributed by atoms with E-state index in [-0.39, 0.29) is 6.04 Å². The molecule has 4 heterocycles. The van der Waals surface area contributed by atoms with Crippen molar-refractivity contribution in [1.29, 1.82) is 0 Å². The van der Waals surface area contributed by atoms with Crippen molar-refractivity contribution in [3.8, 4) is 11.3 Å². The molecule has 8 nitrogen and oxygen atoms in total. The molecule has 26 heavy (non-hydrogen) atoms. The number of halogens is 1. The zero-order chi connectivity index (χ0) is 18.1. The summed E-state index contributed by atoms with van der Waals surface area (Å²) in [5.74, 6) is 0.387. The Kier molecular flexibility index (Phi) is 5.08. The van der Waals surface area contributed by atoms with E-state index >= 15 is 0 Å². The standard InChI is InChI=1S/C17H22ClN5O3/c18-11-8-19-17(21-12-4-6-26-9-14(12)25)22-15(11)10-7-20-23-5-2-1-3-13(24)16(10)23/h7-8,12-14,24-25H,1-6,9H2,(H,19,21,22)/t12-,13-,14-/m1/s1. The summed E-state index contributed by atoms with van der Waals surface area (Å²) >= 11 is 6.35. The number of ether oxygens (including phenoxy) is 1. The number of hydrogen-bond donors (Lipinski definition) is 3. The van der Waals surface area contributed by atoms with Crippen LogP contribution < -0.4 is 5.32 Å². The van der Waals surface area contributed by atoms with E-state index < -0.39 is 12.2 Å². The highest BCUT2D eigenvalue weighted by atomic mass is 35.5. The minimum Gasteiger partial charge on any atom is -0.389 e. The third-order valence-electron chi connectivity index (χ3n) is 4.93. The van der Waals surface area contributed by atoms with Crippen molar-refractivity contribution >= 4 is 17.5 Å². The molecule has 0 unspecified atom stereocenters. The van der Waals surface area contributed by atoms with Crippen LogP contribution in [0.1, 0.15) is 37.5 Å². The number of aryl methyl sites for hydroxylation is 1. The number of aromatic nitrogens is 4. The van der Waals surface area contributed by atoms with Crippen molar-refractivity contribution in [3.63, 3.8) is 0 Å². The summed E-state index contributed by atoms with van der Waals surface area (Å²) in [6, 6.07) is -0.173. The molecule has 3 atom stereocenters. The lowest BCUT2D eigenvalue weighted by molar-refractivity contribution is -0.0136. The maximum Gasteiger partial charge on any atom is 0.223 e. The average Bonchev–Trinajstić information content (AvgIpc) is 2.97. The fraction of sp³-hybridized carbons (Fsp3) is 0.588. The van der Waals surface area contributed by atoms with Crippen molar-refractivity contribution in [2.75, 3.05) is 18.5 Å². The van der Waals surface area contributed by atoms with Gasteiger partial charge >= 0.3 is 0 Å². The number of aliphatic hydroxyl groups excluding tert-OH is 2. The lowest BCUT2D eigenvalue weighted by Crippen LogP contribution is -2.42. The van der Waals surface area contributed by atoms with Crippen LogP contribution in [0, 0.1) is 0 Å². The number of rotatable bonds is 3. The Morgan fingerprint density at radius 1 is 1.23 bits per heavy atom. The molecule has 0 saturated carbocycles. The molecule has 0 radical (unpaired) electrons. The molecule has 2 aliphatic heterocycles. The molecule has 1 saturated heterocycles. The molecule has 3 N–H and O–H groups in total. The van der Waals surface area contributed by atoms with Gasteiger partial charge in [-0.1, -0.05) is 11.6 Å². The highest BCUT2D eigenvalue weighted by molar-refractivity contribution is 6.32. The Bertz CT molecular complexity index is 784. The summed E-state index contributed by atoms with van der Waals surface area (Å²) in [4.78, 5) is 8.78. The maximum atomic E-state index is 10.5. The largest absolute Gasteiger partial charge is 0.389 e. The molecule has 1 fully saturated rings. The van der Waals surface area contributed by atoms with E-state index in [1.54, 1.807) is 6.20 Å². The normalized spacial score (nSPS) is 26.2. The van der Waals surface area contributed by atoms with E-state index in [1.807, 2.05) is 4.68 Å². The smallest absolute Gasteiger partial charge is 0.223 e. The molecule has 9 heteroatoms. The van der Waals surface area contributed by atoms with Gasteiger partial charge in [0.2, 0.25) is 5.95 Å². The maximum absolute atomic E-state index is 10.5. The van der Waals surface area contributed by atoms with Crippen LogP contribution >= 0.6 is 11.6 Å². The van der Waals surface area contributed by atoms with Gasteiger partial charge in [-0.25, -0.2) is 9.97 Å². The highest BCUT2D eigenvalue weighted by Gasteiger charge is 2.27. The average molecular weight is 380 g/mol. The van der Waals surface area contributed by atoms with E-state index in [0.717, 1.165) is 30.6 Å². The van der Waals surface area contributed by atoms with Gasteiger partial charge in [0.25, 0.3) is 0 Å². The zero-order valence-corrected chi connectivity index (χ0v) is 15.1. The molecule has 0 bridgehead atoms. The van der Waals surface area contributed by atoms with Crippen molar-refractivity contribution in [2.24, 2.45) is 0 Å². The fourth-order valence-corrected chi connectivity index (χ4v) is 3.72. The predicted octanol–water partition coefficient (Wildman–Crippen LogP) is 1.77. The Balaban J connectivity index is 1.66. The van der Waals surface area contributed by atoms with Crippen LogP contribution in [0.4, 0.5) is 5.95 Å². The Hall–Kier alpha value is -1.74. The van der Waals surface area contributed by atoms with Gasteiger partial charge in [0, 0.05) is 18.7 Å². The van der Waals surface area contributed by atoms with Gasteiger partial charge in [0.1, 0.15) is 0 Å². The van der Waals surface area contributed by atoms with E-state index in [2.05, 4.69) is 20.4 Å². The number of aliphatic hydroxyl groups is 2. The van der Waals surface area contributed by atoms with E-state index in [4.69, 9.17) is 16.3 Å². The Morgan fingerprint density at radius 3 is 2.96 bits per heavy atom. The second kappa shape index (κ2) is 7.48. The number of fused-ring (bicyclic) bond motifs is 1. The molecule has 0 aliphatic carbocycles. The molecule has 2 aromatic heterocycles. The van der Waals surface area contributed by atoms with Crippen molar-refractivity contribution in [1.82, 2.24) is 19.7 Å². The molecule has 140 valence electrons. The van der Waals surface area contributed by atoms with E-state index in [1.165, 1.54) is 6.20 Å². The first-order valence-corrected chi connectivity index (χ1v) is 9.30. The van der Waals surface area contributed by atoms with Crippen LogP contribution in [0.5, 0.6) is 0 Å². The van der Waals surface area contributed by atoms with Gasteiger partial charge in [0.15, 0.2) is 0 Å². The van der Waals surface area contributed by atoms with E-state index in [0.29, 0.717) is 42.7 Å². The molecule has 2 aliphatic rings. The van der Waals surface area contributed by atoms with Gasteiger partial charge in [-0.15, -0.1) is 0 Å². The second-order valence-electron chi connectivity index (χ2n) is 6.75. The van der Waals surface area contributed by atoms with Crippen molar-refractivity contribution < 1.29 is 14.9 Å². The molecule has 0 amide bonds. The summed E-state index contributed by atoms with van der Waals surface area (Å²) in [5.41, 5.74) is 2.01. The quantitative estimate of drug-likeness (QED) is 0.746. The minimum atomic E-state index is -0.610. The first-order valence-electron chi connectivity index (χ1n) is 8.92. The molecule has 0 spiro atoms. The van der Waals surface area contributed by atoms with Crippen LogP contribution in [0.15, 0.2) is 12.4 Å².